The molecule has 0 aromatic heterocycles. The van der Waals surface area contributed by atoms with E-state index in [0.29, 0.717) is 8.48 Å². The third kappa shape index (κ3) is 7.09. The Kier molecular flexibility index (Phi) is 9.23. The molecule has 0 rings (SSSR count). The predicted octanol–water partition coefficient (Wildman–Crippen LogP) is 6.06. The normalized spacial score (nSPS) is 17.0. The molecule has 0 amide bonds. The van der Waals surface area contributed by atoms with E-state index in [1.54, 1.807) is 6.92 Å². The summed E-state index contributed by atoms with van der Waals surface area (Å²) in [5.74, 6) is -1.78. The van der Waals surface area contributed by atoms with Crippen LogP contribution in [-0.4, -0.2) is 14.0 Å². The van der Waals surface area contributed by atoms with Crippen molar-refractivity contribution in [3.63, 3.8) is 0 Å². The van der Waals surface area contributed by atoms with Gasteiger partial charge in [0.1, 0.15) is 13.8 Å². The van der Waals surface area contributed by atoms with Gasteiger partial charge < -0.3 is 0 Å². The van der Waals surface area contributed by atoms with Gasteiger partial charge in [0.15, 0.2) is 0 Å². The summed E-state index contributed by atoms with van der Waals surface area (Å²) in [6.45, 7) is 10.1. The van der Waals surface area contributed by atoms with Crippen LogP contribution in [0.2, 0.25) is 0 Å². The minimum absolute atomic E-state index is 0.00230. The van der Waals surface area contributed by atoms with Crippen molar-refractivity contribution in [3.05, 3.63) is 68.6 Å². The molecule has 0 bridgehead atoms. The summed E-state index contributed by atoms with van der Waals surface area (Å²) in [6, 6.07) is 0. The summed E-state index contributed by atoms with van der Waals surface area (Å²) in [5, 5.41) is 0. The van der Waals surface area contributed by atoms with E-state index in [1.165, 1.54) is 37.3 Å². The Morgan fingerprint density at radius 1 is 1.18 bits per heavy atom. The van der Waals surface area contributed by atoms with E-state index >= 15 is 0 Å². The average molecular weight is 436 g/mol. The largest absolute Gasteiger partial charge is 0.399 e. The van der Waals surface area contributed by atoms with Gasteiger partial charge >= 0.3 is 6.18 Å². The highest BCUT2D eigenvalue weighted by atomic mass is 127. The molecule has 6 heteroatoms. The van der Waals surface area contributed by atoms with Crippen molar-refractivity contribution in [1.82, 2.24) is 0 Å². The van der Waals surface area contributed by atoms with Crippen molar-refractivity contribution in [2.24, 2.45) is 5.92 Å². The third-order valence-electron chi connectivity index (χ3n) is 2.80. The zero-order valence-electron chi connectivity index (χ0n) is 12.4. The standard InChI is InChI=1S/C16H17BF3IS/c1-5-12(9-14(17)11(4)21)15(16(18,19)20)10(3)7-8-13(22)6-2/h5-9,15,22H,1-2H2,3-4H3/b10-7+,12-9+,13-8+,14-11-. The minimum Gasteiger partial charge on any atom is -0.170 e. The zero-order chi connectivity index (χ0) is 17.5. The lowest BCUT2D eigenvalue weighted by Gasteiger charge is -2.23. The summed E-state index contributed by atoms with van der Waals surface area (Å²) in [5.41, 5.74) is 0.405. The van der Waals surface area contributed by atoms with E-state index in [-0.39, 0.29) is 16.6 Å². The van der Waals surface area contributed by atoms with Gasteiger partial charge in [-0.2, -0.15) is 13.2 Å². The van der Waals surface area contributed by atoms with E-state index in [1.807, 2.05) is 22.6 Å². The molecule has 0 aromatic carbocycles. The predicted molar refractivity (Wildman–Crippen MR) is 101 cm³/mol. The Morgan fingerprint density at radius 3 is 2.09 bits per heavy atom. The molecule has 1 atom stereocenters. The highest BCUT2D eigenvalue weighted by Crippen LogP contribution is 2.38. The van der Waals surface area contributed by atoms with E-state index in [4.69, 9.17) is 7.85 Å². The smallest absolute Gasteiger partial charge is 0.170 e. The van der Waals surface area contributed by atoms with E-state index in [0.717, 1.165) is 0 Å². The van der Waals surface area contributed by atoms with Crippen molar-refractivity contribution >= 4 is 43.1 Å². The van der Waals surface area contributed by atoms with Gasteiger partial charge in [-0.25, -0.2) is 0 Å². The minimum atomic E-state index is -4.45. The Hall–Kier alpha value is -0.625. The van der Waals surface area contributed by atoms with Crippen molar-refractivity contribution in [2.45, 2.75) is 20.0 Å². The molecule has 0 nitrogen and oxygen atoms in total. The molecule has 0 aliphatic heterocycles. The fourth-order valence-corrected chi connectivity index (χ4v) is 1.86. The Morgan fingerprint density at radius 2 is 1.73 bits per heavy atom. The highest BCUT2D eigenvalue weighted by molar-refractivity contribution is 14.1. The maximum Gasteiger partial charge on any atom is 0.399 e. The first-order valence-corrected chi connectivity index (χ1v) is 7.79. The van der Waals surface area contributed by atoms with Gasteiger partial charge in [0, 0.05) is 4.91 Å². The number of rotatable bonds is 6. The molecule has 0 N–H and O–H groups in total. The van der Waals surface area contributed by atoms with Gasteiger partial charge in [0.25, 0.3) is 0 Å². The van der Waals surface area contributed by atoms with Crippen LogP contribution >= 0.6 is 35.2 Å². The molecule has 0 saturated heterocycles. The molecule has 0 aliphatic carbocycles. The second-order valence-electron chi connectivity index (χ2n) is 4.52. The number of hydrogen-bond acceptors (Lipinski definition) is 1. The summed E-state index contributed by atoms with van der Waals surface area (Å²) >= 11 is 6.02. The fourth-order valence-electron chi connectivity index (χ4n) is 1.63. The monoisotopic (exact) mass is 436 g/mol. The van der Waals surface area contributed by atoms with Gasteiger partial charge in [0.2, 0.25) is 0 Å². The topological polar surface area (TPSA) is 0 Å². The van der Waals surface area contributed by atoms with E-state index < -0.39 is 12.1 Å². The molecule has 0 spiro atoms. The second-order valence-corrected chi connectivity index (χ2v) is 6.65. The number of allylic oxidation sites excluding steroid dienone is 9. The highest BCUT2D eigenvalue weighted by Gasteiger charge is 2.42. The van der Waals surface area contributed by atoms with Crippen LogP contribution in [-0.2, 0) is 0 Å². The fraction of sp³-hybridized carbons (Fsp3) is 0.250. The number of thiol groups is 1. The molecule has 0 heterocycles. The molecule has 118 valence electrons. The van der Waals surface area contributed by atoms with Crippen molar-refractivity contribution < 1.29 is 13.2 Å². The van der Waals surface area contributed by atoms with Crippen LogP contribution < -0.4 is 0 Å². The maximum atomic E-state index is 13.4. The summed E-state index contributed by atoms with van der Waals surface area (Å²) in [7, 11) is 5.74. The first-order chi connectivity index (χ1) is 10.0. The SMILES string of the molecule is [B]C(/C=C(\C=C)C(/C(C)=C/C=C(/S)C=C)C(F)(F)F)=C(/C)I. The number of alkyl halides is 3. The van der Waals surface area contributed by atoms with E-state index in [9.17, 15) is 13.2 Å². The van der Waals surface area contributed by atoms with Crippen LogP contribution in [0, 0.1) is 5.92 Å². The molecular formula is C16H17BF3IS. The zero-order valence-corrected chi connectivity index (χ0v) is 15.5. The van der Waals surface area contributed by atoms with E-state index in [2.05, 4.69) is 25.8 Å². The summed E-state index contributed by atoms with van der Waals surface area (Å²) in [6.07, 6.45) is 2.33. The molecule has 0 aromatic rings. The molecule has 0 fully saturated rings. The quantitative estimate of drug-likeness (QED) is 0.223. The molecule has 1 unspecified atom stereocenters. The Bertz CT molecular complexity index is 550. The molecule has 0 aliphatic rings. The third-order valence-corrected chi connectivity index (χ3v) is 3.75. The average Bonchev–Trinajstić information content (AvgIpc) is 2.41. The molecule has 2 radical (unpaired) electrons. The lowest BCUT2D eigenvalue weighted by Crippen LogP contribution is -2.25. The van der Waals surface area contributed by atoms with Crippen LogP contribution in [0.15, 0.2) is 68.6 Å². The molecule has 22 heavy (non-hydrogen) atoms. The van der Waals surface area contributed by atoms with Gasteiger partial charge in [-0.1, -0.05) is 71.1 Å². The van der Waals surface area contributed by atoms with Crippen molar-refractivity contribution in [3.8, 4) is 0 Å². The second kappa shape index (κ2) is 9.50. The van der Waals surface area contributed by atoms with Crippen LogP contribution in [0.1, 0.15) is 13.8 Å². The Labute approximate surface area is 150 Å². The van der Waals surface area contributed by atoms with Crippen LogP contribution in [0.25, 0.3) is 0 Å². The van der Waals surface area contributed by atoms with Gasteiger partial charge in [0.05, 0.1) is 0 Å². The first-order valence-electron chi connectivity index (χ1n) is 6.27. The van der Waals surface area contributed by atoms with Crippen LogP contribution in [0.3, 0.4) is 0 Å². The number of hydrogen-bond donors (Lipinski definition) is 1. The lowest BCUT2D eigenvalue weighted by molar-refractivity contribution is -0.153. The summed E-state index contributed by atoms with van der Waals surface area (Å²) < 4.78 is 41.0. The van der Waals surface area contributed by atoms with Crippen LogP contribution in [0.5, 0.6) is 0 Å². The molecular weight excluding hydrogens is 419 g/mol. The molecule has 0 saturated carbocycles. The van der Waals surface area contributed by atoms with Gasteiger partial charge in [-0.05, 0) is 29.1 Å². The summed E-state index contributed by atoms with van der Waals surface area (Å²) in [4.78, 5) is 0.479. The van der Waals surface area contributed by atoms with Crippen molar-refractivity contribution in [2.75, 3.05) is 0 Å². The van der Waals surface area contributed by atoms with Crippen LogP contribution in [0.4, 0.5) is 13.2 Å². The van der Waals surface area contributed by atoms with Crippen molar-refractivity contribution in [1.29, 1.82) is 0 Å². The maximum absolute atomic E-state index is 13.4. The number of halogens is 4. The van der Waals surface area contributed by atoms with Gasteiger partial charge in [-0.15, -0.1) is 12.6 Å². The Balaban J connectivity index is 5.99. The lowest BCUT2D eigenvalue weighted by atomic mass is 9.85. The van der Waals surface area contributed by atoms with Gasteiger partial charge in [-0.3, -0.25) is 0 Å². The first kappa shape index (κ1) is 21.4.